The van der Waals surface area contributed by atoms with E-state index in [0.29, 0.717) is 12.5 Å². The van der Waals surface area contributed by atoms with Gasteiger partial charge in [-0.05, 0) is 37.0 Å². The molecule has 0 saturated heterocycles. The van der Waals surface area contributed by atoms with Gasteiger partial charge in [0.25, 0.3) is 0 Å². The summed E-state index contributed by atoms with van der Waals surface area (Å²) in [5.41, 5.74) is 6.38. The first kappa shape index (κ1) is 13.8. The van der Waals surface area contributed by atoms with Crippen LogP contribution in [0.3, 0.4) is 0 Å². The average molecular weight is 266 g/mol. The molecular weight excluding hydrogens is 247 g/mol. The number of methoxy groups -OCH3 is 1. The smallest absolute Gasteiger partial charge is 0.224 e. The number of carbonyl (C=O) groups excluding carboxylic acids is 1. The Labute approximate surface area is 112 Å². The molecule has 1 unspecified atom stereocenters. The lowest BCUT2D eigenvalue weighted by atomic mass is 9.98. The number of nitrogens with one attached hydrogen (secondary N) is 1. The molecule has 1 atom stereocenters. The van der Waals surface area contributed by atoms with Crippen LogP contribution in [-0.4, -0.2) is 25.6 Å². The molecule has 4 nitrogen and oxygen atoms in total. The standard InChI is InChI=1S/C14H19FN2O2/c1-19-13-5-2-9(7-12(13)15)6-10(8-16)14(18)17-11-3-4-11/h2,5,7,10-11H,3-4,6,8,16H2,1H3,(H,17,18). The maximum atomic E-state index is 13.6. The van der Waals surface area contributed by atoms with Crippen LogP contribution in [0.4, 0.5) is 4.39 Å². The van der Waals surface area contributed by atoms with Gasteiger partial charge in [0.1, 0.15) is 0 Å². The molecule has 2 rings (SSSR count). The molecule has 0 bridgehead atoms. The topological polar surface area (TPSA) is 64.3 Å². The average Bonchev–Trinajstić information content (AvgIpc) is 3.20. The number of hydrogen-bond acceptors (Lipinski definition) is 3. The number of amides is 1. The summed E-state index contributed by atoms with van der Waals surface area (Å²) < 4.78 is 18.4. The molecule has 1 aromatic carbocycles. The quantitative estimate of drug-likeness (QED) is 0.814. The third-order valence-electron chi connectivity index (χ3n) is 3.28. The molecule has 3 N–H and O–H groups in total. The summed E-state index contributed by atoms with van der Waals surface area (Å²) >= 11 is 0. The number of nitrogens with two attached hydrogens (primary N) is 1. The van der Waals surface area contributed by atoms with E-state index >= 15 is 0 Å². The molecule has 0 aliphatic heterocycles. The van der Waals surface area contributed by atoms with E-state index in [1.165, 1.54) is 13.2 Å². The van der Waals surface area contributed by atoms with E-state index in [9.17, 15) is 9.18 Å². The third kappa shape index (κ3) is 3.67. The van der Waals surface area contributed by atoms with Gasteiger partial charge in [-0.25, -0.2) is 4.39 Å². The van der Waals surface area contributed by atoms with Crippen molar-refractivity contribution in [3.8, 4) is 5.75 Å². The zero-order chi connectivity index (χ0) is 13.8. The monoisotopic (exact) mass is 266 g/mol. The Morgan fingerprint density at radius 3 is 2.84 bits per heavy atom. The van der Waals surface area contributed by atoms with E-state index in [4.69, 9.17) is 10.5 Å². The fraction of sp³-hybridized carbons (Fsp3) is 0.500. The summed E-state index contributed by atoms with van der Waals surface area (Å²) in [6.45, 7) is 0.256. The summed E-state index contributed by atoms with van der Waals surface area (Å²) in [5, 5.41) is 2.92. The molecule has 1 amide bonds. The number of ether oxygens (including phenoxy) is 1. The number of halogens is 1. The van der Waals surface area contributed by atoms with Gasteiger partial charge < -0.3 is 15.8 Å². The molecule has 1 saturated carbocycles. The lowest BCUT2D eigenvalue weighted by Gasteiger charge is -2.15. The second-order valence-electron chi connectivity index (χ2n) is 4.89. The molecule has 0 aromatic heterocycles. The predicted molar refractivity (Wildman–Crippen MR) is 70.4 cm³/mol. The second kappa shape index (κ2) is 6.02. The van der Waals surface area contributed by atoms with Crippen molar-refractivity contribution in [3.63, 3.8) is 0 Å². The summed E-state index contributed by atoms with van der Waals surface area (Å²) in [6.07, 6.45) is 2.52. The highest BCUT2D eigenvalue weighted by molar-refractivity contribution is 5.79. The Balaban J connectivity index is 2.00. The van der Waals surface area contributed by atoms with Gasteiger partial charge in [-0.3, -0.25) is 4.79 Å². The van der Waals surface area contributed by atoms with E-state index < -0.39 is 5.82 Å². The maximum absolute atomic E-state index is 13.6. The van der Waals surface area contributed by atoms with Crippen LogP contribution in [0.1, 0.15) is 18.4 Å². The molecule has 0 heterocycles. The van der Waals surface area contributed by atoms with Crippen LogP contribution in [0.25, 0.3) is 0 Å². The van der Waals surface area contributed by atoms with Crippen molar-refractivity contribution in [2.24, 2.45) is 11.7 Å². The molecule has 1 aliphatic carbocycles. The Morgan fingerprint density at radius 1 is 1.58 bits per heavy atom. The van der Waals surface area contributed by atoms with Crippen LogP contribution < -0.4 is 15.8 Å². The van der Waals surface area contributed by atoms with Gasteiger partial charge in [-0.15, -0.1) is 0 Å². The van der Waals surface area contributed by atoms with Crippen LogP contribution in [-0.2, 0) is 11.2 Å². The van der Waals surface area contributed by atoms with Gasteiger partial charge in [0.15, 0.2) is 11.6 Å². The van der Waals surface area contributed by atoms with Crippen LogP contribution in [0.5, 0.6) is 5.75 Å². The van der Waals surface area contributed by atoms with Crippen molar-refractivity contribution in [2.75, 3.05) is 13.7 Å². The van der Waals surface area contributed by atoms with E-state index in [1.807, 2.05) is 0 Å². The highest BCUT2D eigenvalue weighted by Crippen LogP contribution is 2.21. The molecule has 1 aromatic rings. The van der Waals surface area contributed by atoms with Crippen molar-refractivity contribution < 1.29 is 13.9 Å². The molecule has 19 heavy (non-hydrogen) atoms. The van der Waals surface area contributed by atoms with Crippen LogP contribution in [0, 0.1) is 11.7 Å². The minimum atomic E-state index is -0.418. The van der Waals surface area contributed by atoms with Crippen LogP contribution in [0.2, 0.25) is 0 Å². The van der Waals surface area contributed by atoms with Crippen molar-refractivity contribution in [2.45, 2.75) is 25.3 Å². The SMILES string of the molecule is COc1ccc(CC(CN)C(=O)NC2CC2)cc1F. The van der Waals surface area contributed by atoms with Crippen molar-refractivity contribution in [1.29, 1.82) is 0 Å². The van der Waals surface area contributed by atoms with E-state index in [-0.39, 0.29) is 24.1 Å². The maximum Gasteiger partial charge on any atom is 0.224 e. The van der Waals surface area contributed by atoms with Crippen molar-refractivity contribution in [3.05, 3.63) is 29.6 Å². The predicted octanol–water partition coefficient (Wildman–Crippen LogP) is 1.23. The Bertz CT molecular complexity index is 461. The highest BCUT2D eigenvalue weighted by Gasteiger charge is 2.27. The van der Waals surface area contributed by atoms with Gasteiger partial charge in [0.05, 0.1) is 13.0 Å². The first-order chi connectivity index (χ1) is 9.13. The Morgan fingerprint density at radius 2 is 2.32 bits per heavy atom. The first-order valence-electron chi connectivity index (χ1n) is 6.47. The van der Waals surface area contributed by atoms with E-state index in [1.54, 1.807) is 12.1 Å². The van der Waals surface area contributed by atoms with E-state index in [2.05, 4.69) is 5.32 Å². The number of rotatable bonds is 6. The van der Waals surface area contributed by atoms with Gasteiger partial charge >= 0.3 is 0 Å². The molecule has 1 fully saturated rings. The minimum absolute atomic E-state index is 0.0405. The number of benzene rings is 1. The van der Waals surface area contributed by atoms with Gasteiger partial charge in [-0.2, -0.15) is 0 Å². The fourth-order valence-electron chi connectivity index (χ4n) is 1.95. The van der Waals surface area contributed by atoms with Crippen molar-refractivity contribution >= 4 is 5.91 Å². The second-order valence-corrected chi connectivity index (χ2v) is 4.89. The zero-order valence-corrected chi connectivity index (χ0v) is 11.0. The van der Waals surface area contributed by atoms with Crippen LogP contribution in [0.15, 0.2) is 18.2 Å². The van der Waals surface area contributed by atoms with Crippen molar-refractivity contribution in [1.82, 2.24) is 5.32 Å². The van der Waals surface area contributed by atoms with E-state index in [0.717, 1.165) is 18.4 Å². The molecule has 104 valence electrons. The van der Waals surface area contributed by atoms with Gasteiger partial charge in [-0.1, -0.05) is 6.07 Å². The minimum Gasteiger partial charge on any atom is -0.494 e. The lowest BCUT2D eigenvalue weighted by Crippen LogP contribution is -2.37. The lowest BCUT2D eigenvalue weighted by molar-refractivity contribution is -0.124. The number of hydrogen-bond donors (Lipinski definition) is 2. The summed E-state index contributed by atoms with van der Waals surface area (Å²) in [5.74, 6) is -0.566. The fourth-order valence-corrected chi connectivity index (χ4v) is 1.95. The highest BCUT2D eigenvalue weighted by atomic mass is 19.1. The zero-order valence-electron chi connectivity index (χ0n) is 11.0. The molecule has 0 spiro atoms. The summed E-state index contributed by atoms with van der Waals surface area (Å²) in [7, 11) is 1.42. The van der Waals surface area contributed by atoms with Gasteiger partial charge in [0, 0.05) is 12.6 Å². The molecule has 0 radical (unpaired) electrons. The normalized spacial score (nSPS) is 15.9. The molecule has 5 heteroatoms. The summed E-state index contributed by atoms with van der Waals surface area (Å²) in [4.78, 5) is 11.9. The molecular formula is C14H19FN2O2. The summed E-state index contributed by atoms with van der Waals surface area (Å²) in [6, 6.07) is 5.03. The third-order valence-corrected chi connectivity index (χ3v) is 3.28. The van der Waals surface area contributed by atoms with Gasteiger partial charge in [0.2, 0.25) is 5.91 Å². The Hall–Kier alpha value is -1.62. The number of carbonyl (C=O) groups is 1. The van der Waals surface area contributed by atoms with Crippen LogP contribution >= 0.6 is 0 Å². The Kier molecular flexibility index (Phi) is 4.37. The first-order valence-corrected chi connectivity index (χ1v) is 6.47. The molecule has 1 aliphatic rings. The largest absolute Gasteiger partial charge is 0.494 e.